The van der Waals surface area contributed by atoms with Crippen molar-refractivity contribution in [2.75, 3.05) is 29.9 Å². The molecule has 1 aliphatic carbocycles. The molecule has 0 spiro atoms. The van der Waals surface area contributed by atoms with Crippen LogP contribution in [0.25, 0.3) is 0 Å². The zero-order chi connectivity index (χ0) is 23.5. The van der Waals surface area contributed by atoms with Crippen LogP contribution in [0.3, 0.4) is 0 Å². The maximum atomic E-state index is 15.2. The maximum absolute atomic E-state index is 15.2. The smallest absolute Gasteiger partial charge is 0.407 e. The molecule has 2 atom stereocenters. The molecular weight excluding hydrogens is 409 g/mol. The highest BCUT2D eigenvalue weighted by Gasteiger charge is 2.27. The fraction of sp³-hybridized carbons (Fsp3) is 0.720. The molecule has 0 aromatic heterocycles. The molecule has 1 aromatic rings. The van der Waals surface area contributed by atoms with Gasteiger partial charge in [0.2, 0.25) is 0 Å². The number of rotatable bonds is 5. The molecule has 1 heterocycles. The normalized spacial score (nSPS) is 26.5. The molecule has 2 fully saturated rings. The maximum Gasteiger partial charge on any atom is 0.407 e. The van der Waals surface area contributed by atoms with Crippen LogP contribution in [-0.4, -0.2) is 49.6 Å². The third-order valence-corrected chi connectivity index (χ3v) is 6.28. The van der Waals surface area contributed by atoms with E-state index in [1.165, 1.54) is 0 Å². The number of alkyl carbamates (subject to hydrolysis) is 1. The SMILES string of the molecule is Cc1c(NCC2CCC(NC(=O)OC(C)(C)C)CC2)ccc(N2CC(C)OC(C)C2)c1F. The van der Waals surface area contributed by atoms with Gasteiger partial charge in [0.15, 0.2) is 5.82 Å². The van der Waals surface area contributed by atoms with E-state index in [1.54, 1.807) is 0 Å². The Bertz CT molecular complexity index is 777. The minimum atomic E-state index is -0.480. The second-order valence-electron chi connectivity index (χ2n) is 10.5. The molecule has 0 bridgehead atoms. The molecule has 2 N–H and O–H groups in total. The largest absolute Gasteiger partial charge is 0.444 e. The summed E-state index contributed by atoms with van der Waals surface area (Å²) >= 11 is 0. The van der Waals surface area contributed by atoms with Gasteiger partial charge in [-0.3, -0.25) is 0 Å². The van der Waals surface area contributed by atoms with Gasteiger partial charge in [0.1, 0.15) is 5.60 Å². The fourth-order valence-electron chi connectivity index (χ4n) is 4.72. The number of benzene rings is 1. The monoisotopic (exact) mass is 449 g/mol. The summed E-state index contributed by atoms with van der Waals surface area (Å²) in [7, 11) is 0. The van der Waals surface area contributed by atoms with Crippen molar-refractivity contribution in [3.63, 3.8) is 0 Å². The van der Waals surface area contributed by atoms with E-state index >= 15 is 4.39 Å². The van der Waals surface area contributed by atoms with Crippen molar-refractivity contribution in [2.24, 2.45) is 5.92 Å². The number of morpholine rings is 1. The Labute approximate surface area is 192 Å². The summed E-state index contributed by atoms with van der Waals surface area (Å²) in [5.74, 6) is 0.358. The summed E-state index contributed by atoms with van der Waals surface area (Å²) in [6, 6.07) is 4.04. The van der Waals surface area contributed by atoms with Crippen molar-refractivity contribution in [2.45, 2.75) is 91.1 Å². The number of ether oxygens (including phenoxy) is 2. The summed E-state index contributed by atoms with van der Waals surface area (Å²) in [6.07, 6.45) is 3.77. The Balaban J connectivity index is 1.49. The minimum Gasteiger partial charge on any atom is -0.444 e. The predicted octanol–water partition coefficient (Wildman–Crippen LogP) is 5.24. The number of anilines is 2. The molecule has 1 aliphatic heterocycles. The summed E-state index contributed by atoms with van der Waals surface area (Å²) < 4.78 is 26.3. The van der Waals surface area contributed by atoms with Gasteiger partial charge in [-0.1, -0.05) is 0 Å². The van der Waals surface area contributed by atoms with Crippen molar-refractivity contribution in [1.82, 2.24) is 5.32 Å². The van der Waals surface area contributed by atoms with E-state index < -0.39 is 5.60 Å². The number of hydrogen-bond donors (Lipinski definition) is 2. The van der Waals surface area contributed by atoms with Crippen LogP contribution in [0.15, 0.2) is 12.1 Å². The molecule has 0 radical (unpaired) electrons. The van der Waals surface area contributed by atoms with E-state index in [1.807, 2.05) is 53.7 Å². The Hall–Kier alpha value is -2.02. The van der Waals surface area contributed by atoms with Crippen LogP contribution in [0.5, 0.6) is 0 Å². The molecule has 180 valence electrons. The average Bonchev–Trinajstić information content (AvgIpc) is 2.68. The summed E-state index contributed by atoms with van der Waals surface area (Å²) in [5, 5.41) is 6.45. The van der Waals surface area contributed by atoms with Crippen LogP contribution >= 0.6 is 0 Å². The van der Waals surface area contributed by atoms with Gasteiger partial charge in [0.05, 0.1) is 17.9 Å². The Morgan fingerprint density at radius 2 is 1.78 bits per heavy atom. The van der Waals surface area contributed by atoms with Crippen LogP contribution in [0.4, 0.5) is 20.6 Å². The molecule has 32 heavy (non-hydrogen) atoms. The molecule has 3 rings (SSSR count). The van der Waals surface area contributed by atoms with Gasteiger partial charge in [-0.05, 0) is 85.3 Å². The highest BCUT2D eigenvalue weighted by Crippen LogP contribution is 2.31. The van der Waals surface area contributed by atoms with Crippen molar-refractivity contribution in [1.29, 1.82) is 0 Å². The third kappa shape index (κ3) is 6.74. The van der Waals surface area contributed by atoms with Gasteiger partial charge in [-0.25, -0.2) is 9.18 Å². The lowest BCUT2D eigenvalue weighted by Gasteiger charge is -2.37. The first kappa shape index (κ1) is 24.6. The van der Waals surface area contributed by atoms with Crippen LogP contribution < -0.4 is 15.5 Å². The van der Waals surface area contributed by atoms with Crippen LogP contribution in [-0.2, 0) is 9.47 Å². The quantitative estimate of drug-likeness (QED) is 0.643. The molecular formula is C25H40FN3O3. The predicted molar refractivity (Wildman–Crippen MR) is 127 cm³/mol. The lowest BCUT2D eigenvalue weighted by atomic mass is 9.86. The summed E-state index contributed by atoms with van der Waals surface area (Å²) in [6.45, 7) is 13.7. The Kier molecular flexibility index (Phi) is 7.91. The van der Waals surface area contributed by atoms with Crippen molar-refractivity contribution < 1.29 is 18.7 Å². The van der Waals surface area contributed by atoms with Crippen molar-refractivity contribution in [3.8, 4) is 0 Å². The third-order valence-electron chi connectivity index (χ3n) is 6.28. The molecule has 7 heteroatoms. The van der Waals surface area contributed by atoms with E-state index in [0.29, 0.717) is 30.3 Å². The first-order valence-corrected chi connectivity index (χ1v) is 11.9. The van der Waals surface area contributed by atoms with Gasteiger partial charge >= 0.3 is 6.09 Å². The van der Waals surface area contributed by atoms with Crippen LogP contribution in [0.2, 0.25) is 0 Å². The first-order valence-electron chi connectivity index (χ1n) is 11.9. The van der Waals surface area contributed by atoms with Gasteiger partial charge in [0, 0.05) is 36.9 Å². The number of carbonyl (C=O) groups is 1. The van der Waals surface area contributed by atoms with Crippen molar-refractivity contribution in [3.05, 3.63) is 23.5 Å². The number of amides is 1. The second-order valence-corrected chi connectivity index (χ2v) is 10.5. The van der Waals surface area contributed by atoms with Crippen LogP contribution in [0.1, 0.15) is 65.9 Å². The summed E-state index contributed by atoms with van der Waals surface area (Å²) in [5.41, 5.74) is 1.69. The van der Waals surface area contributed by atoms with E-state index in [-0.39, 0.29) is 30.2 Å². The first-order chi connectivity index (χ1) is 15.0. The molecule has 1 amide bonds. The molecule has 2 unspecified atom stereocenters. The standard InChI is InChI=1S/C25H40FN3O3/c1-16-14-29(15-17(2)31-16)22-12-11-21(18(3)23(22)26)27-13-19-7-9-20(10-8-19)28-24(30)32-25(4,5)6/h11-12,16-17,19-20,27H,7-10,13-15H2,1-6H3,(H,28,30). The molecule has 6 nitrogen and oxygen atoms in total. The molecule has 1 saturated carbocycles. The molecule has 1 aromatic carbocycles. The van der Waals surface area contributed by atoms with Gasteiger partial charge in [-0.2, -0.15) is 0 Å². The number of carbonyl (C=O) groups excluding carboxylic acids is 1. The minimum absolute atomic E-state index is 0.0937. The Morgan fingerprint density at radius 3 is 2.38 bits per heavy atom. The second kappa shape index (κ2) is 10.3. The highest BCUT2D eigenvalue weighted by atomic mass is 19.1. The topological polar surface area (TPSA) is 62.8 Å². The van der Waals surface area contributed by atoms with E-state index in [0.717, 1.165) is 37.9 Å². The number of halogens is 1. The van der Waals surface area contributed by atoms with Gasteiger partial charge in [-0.15, -0.1) is 0 Å². The zero-order valence-corrected chi connectivity index (χ0v) is 20.5. The van der Waals surface area contributed by atoms with Crippen LogP contribution in [0, 0.1) is 18.7 Å². The highest BCUT2D eigenvalue weighted by molar-refractivity contribution is 5.68. The zero-order valence-electron chi connectivity index (χ0n) is 20.5. The lowest BCUT2D eigenvalue weighted by Crippen LogP contribution is -2.45. The van der Waals surface area contributed by atoms with E-state index in [2.05, 4.69) is 15.5 Å². The van der Waals surface area contributed by atoms with Gasteiger partial charge in [0.25, 0.3) is 0 Å². The molecule has 2 aliphatic rings. The lowest BCUT2D eigenvalue weighted by molar-refractivity contribution is -0.00540. The summed E-state index contributed by atoms with van der Waals surface area (Å²) in [4.78, 5) is 14.1. The van der Waals surface area contributed by atoms with Crippen molar-refractivity contribution >= 4 is 17.5 Å². The number of nitrogens with one attached hydrogen (secondary N) is 2. The number of hydrogen-bond acceptors (Lipinski definition) is 5. The molecule has 1 saturated heterocycles. The Morgan fingerprint density at radius 1 is 1.16 bits per heavy atom. The van der Waals surface area contributed by atoms with E-state index in [9.17, 15) is 4.79 Å². The van der Waals surface area contributed by atoms with Gasteiger partial charge < -0.3 is 25.0 Å². The number of nitrogens with zero attached hydrogens (tertiary/aromatic N) is 1. The average molecular weight is 450 g/mol. The van der Waals surface area contributed by atoms with E-state index in [4.69, 9.17) is 9.47 Å². The fourth-order valence-corrected chi connectivity index (χ4v) is 4.72.